The minimum absolute atomic E-state index is 0.000926. The Balaban J connectivity index is 2.25. The van der Waals surface area contributed by atoms with E-state index in [0.29, 0.717) is 6.04 Å². The topological polar surface area (TPSA) is 38.3 Å². The summed E-state index contributed by atoms with van der Waals surface area (Å²) < 4.78 is 5.06. The van der Waals surface area contributed by atoms with Crippen LogP contribution in [-0.2, 0) is 9.53 Å². The molecule has 3 nitrogen and oxygen atoms in total. The molecule has 0 saturated heterocycles. The predicted molar refractivity (Wildman–Crippen MR) is 63.2 cm³/mol. The number of nitrogens with one attached hydrogen (secondary N) is 1. The molecule has 3 heteroatoms. The third-order valence-corrected chi connectivity index (χ3v) is 4.32. The molecule has 92 valence electrons. The molecule has 0 aromatic carbocycles. The molecule has 0 spiro atoms. The maximum absolute atomic E-state index is 12.2. The standard InChI is InChI=1S/C13H23NO2/c1-12(2)8-4-5-9-13(12,11(15)16-3)14-10-6-7-10/h10,14H,4-9H2,1-3H3. The number of esters is 1. The molecule has 1 N–H and O–H groups in total. The largest absolute Gasteiger partial charge is 0.468 e. The lowest BCUT2D eigenvalue weighted by atomic mass is 9.63. The Morgan fingerprint density at radius 3 is 2.38 bits per heavy atom. The fraction of sp³-hybridized carbons (Fsp3) is 0.923. The highest BCUT2D eigenvalue weighted by atomic mass is 16.5. The Bertz CT molecular complexity index is 284. The lowest BCUT2D eigenvalue weighted by Crippen LogP contribution is -2.64. The van der Waals surface area contributed by atoms with Crippen molar-refractivity contribution in [2.24, 2.45) is 5.41 Å². The molecule has 0 aromatic heterocycles. The van der Waals surface area contributed by atoms with Gasteiger partial charge in [0, 0.05) is 6.04 Å². The van der Waals surface area contributed by atoms with Crippen LogP contribution in [0.3, 0.4) is 0 Å². The molecule has 0 aromatic rings. The third-order valence-electron chi connectivity index (χ3n) is 4.32. The first-order valence-corrected chi connectivity index (χ1v) is 6.38. The number of hydrogen-bond donors (Lipinski definition) is 1. The minimum atomic E-state index is -0.443. The molecule has 2 aliphatic carbocycles. The van der Waals surface area contributed by atoms with Crippen molar-refractivity contribution in [2.75, 3.05) is 7.11 Å². The number of ether oxygens (including phenoxy) is 1. The molecule has 1 unspecified atom stereocenters. The van der Waals surface area contributed by atoms with Gasteiger partial charge in [0.25, 0.3) is 0 Å². The second-order valence-electron chi connectivity index (χ2n) is 5.91. The number of carbonyl (C=O) groups is 1. The van der Waals surface area contributed by atoms with Crippen molar-refractivity contribution in [1.82, 2.24) is 5.32 Å². The number of hydrogen-bond acceptors (Lipinski definition) is 3. The van der Waals surface area contributed by atoms with Gasteiger partial charge < -0.3 is 4.74 Å². The van der Waals surface area contributed by atoms with Crippen LogP contribution < -0.4 is 5.32 Å². The second kappa shape index (κ2) is 4.02. The number of rotatable bonds is 3. The van der Waals surface area contributed by atoms with Crippen LogP contribution in [0.15, 0.2) is 0 Å². The maximum Gasteiger partial charge on any atom is 0.326 e. The third kappa shape index (κ3) is 1.86. The summed E-state index contributed by atoms with van der Waals surface area (Å²) in [6.07, 6.45) is 6.77. The molecule has 2 saturated carbocycles. The van der Waals surface area contributed by atoms with Crippen LogP contribution in [-0.4, -0.2) is 24.7 Å². The summed E-state index contributed by atoms with van der Waals surface area (Å²) in [7, 11) is 1.50. The normalized spacial score (nSPS) is 33.4. The Hall–Kier alpha value is -0.570. The van der Waals surface area contributed by atoms with Gasteiger partial charge in [-0.25, -0.2) is 0 Å². The summed E-state index contributed by atoms with van der Waals surface area (Å²) in [5.74, 6) is -0.0656. The molecule has 0 amide bonds. The SMILES string of the molecule is COC(=O)C1(NC2CC2)CCCCC1(C)C. The fourth-order valence-corrected chi connectivity index (χ4v) is 2.96. The van der Waals surface area contributed by atoms with E-state index < -0.39 is 5.54 Å². The molecule has 1 atom stereocenters. The average molecular weight is 225 g/mol. The molecule has 0 radical (unpaired) electrons. The quantitative estimate of drug-likeness (QED) is 0.749. The highest BCUT2D eigenvalue weighted by molar-refractivity contribution is 5.82. The van der Waals surface area contributed by atoms with Crippen molar-refractivity contribution in [3.63, 3.8) is 0 Å². The Morgan fingerprint density at radius 2 is 1.88 bits per heavy atom. The summed E-state index contributed by atoms with van der Waals surface area (Å²) in [6.45, 7) is 4.39. The second-order valence-corrected chi connectivity index (χ2v) is 5.91. The molecular weight excluding hydrogens is 202 g/mol. The Morgan fingerprint density at radius 1 is 1.25 bits per heavy atom. The van der Waals surface area contributed by atoms with E-state index in [-0.39, 0.29) is 11.4 Å². The monoisotopic (exact) mass is 225 g/mol. The van der Waals surface area contributed by atoms with E-state index in [4.69, 9.17) is 4.74 Å². The van der Waals surface area contributed by atoms with Gasteiger partial charge >= 0.3 is 5.97 Å². The highest BCUT2D eigenvalue weighted by Gasteiger charge is 2.54. The van der Waals surface area contributed by atoms with Gasteiger partial charge in [0.1, 0.15) is 5.54 Å². The summed E-state index contributed by atoms with van der Waals surface area (Å²) in [6, 6.07) is 0.538. The molecule has 0 heterocycles. The average Bonchev–Trinajstić information content (AvgIpc) is 3.04. The van der Waals surface area contributed by atoms with E-state index in [1.807, 2.05) is 0 Å². The van der Waals surface area contributed by atoms with Gasteiger partial charge in [-0.15, -0.1) is 0 Å². The summed E-state index contributed by atoms with van der Waals surface area (Å²) >= 11 is 0. The highest BCUT2D eigenvalue weighted by Crippen LogP contribution is 2.46. The summed E-state index contributed by atoms with van der Waals surface area (Å²) in [5.41, 5.74) is -0.442. The first-order valence-electron chi connectivity index (χ1n) is 6.38. The van der Waals surface area contributed by atoms with Crippen LogP contribution in [0.5, 0.6) is 0 Å². The molecule has 2 fully saturated rings. The van der Waals surface area contributed by atoms with Crippen molar-refractivity contribution in [2.45, 2.75) is 64.0 Å². The zero-order chi connectivity index (χ0) is 11.8. The first kappa shape index (κ1) is 11.9. The zero-order valence-corrected chi connectivity index (χ0v) is 10.6. The lowest BCUT2D eigenvalue weighted by molar-refractivity contribution is -0.157. The van der Waals surface area contributed by atoms with Crippen LogP contribution in [0.4, 0.5) is 0 Å². The van der Waals surface area contributed by atoms with Crippen LogP contribution in [0.1, 0.15) is 52.4 Å². The van der Waals surface area contributed by atoms with Gasteiger partial charge in [0.2, 0.25) is 0 Å². The van der Waals surface area contributed by atoms with Crippen molar-refractivity contribution in [1.29, 1.82) is 0 Å². The van der Waals surface area contributed by atoms with Gasteiger partial charge in [0.15, 0.2) is 0 Å². The van der Waals surface area contributed by atoms with Crippen molar-refractivity contribution >= 4 is 5.97 Å². The van der Waals surface area contributed by atoms with E-state index in [2.05, 4.69) is 19.2 Å². The Labute approximate surface area is 97.9 Å². The zero-order valence-electron chi connectivity index (χ0n) is 10.6. The first-order chi connectivity index (χ1) is 7.52. The van der Waals surface area contributed by atoms with Crippen LogP contribution in [0.25, 0.3) is 0 Å². The van der Waals surface area contributed by atoms with Gasteiger partial charge in [-0.05, 0) is 31.1 Å². The van der Waals surface area contributed by atoms with E-state index in [1.165, 1.54) is 26.4 Å². The number of carbonyl (C=O) groups excluding carboxylic acids is 1. The molecule has 2 aliphatic rings. The lowest BCUT2D eigenvalue weighted by Gasteiger charge is -2.48. The molecular formula is C13H23NO2. The van der Waals surface area contributed by atoms with E-state index in [1.54, 1.807) is 0 Å². The Kier molecular flexibility index (Phi) is 2.99. The van der Waals surface area contributed by atoms with Crippen molar-refractivity contribution in [3.8, 4) is 0 Å². The minimum Gasteiger partial charge on any atom is -0.468 e. The fourth-order valence-electron chi connectivity index (χ4n) is 2.96. The molecule has 2 rings (SSSR count). The van der Waals surface area contributed by atoms with Gasteiger partial charge in [-0.3, -0.25) is 10.1 Å². The van der Waals surface area contributed by atoms with E-state index >= 15 is 0 Å². The summed E-state index contributed by atoms with van der Waals surface area (Å²) in [5, 5.41) is 3.57. The van der Waals surface area contributed by atoms with E-state index in [0.717, 1.165) is 19.3 Å². The predicted octanol–water partition coefficient (Wildman–Crippen LogP) is 2.25. The van der Waals surface area contributed by atoms with Gasteiger partial charge in [0.05, 0.1) is 7.11 Å². The van der Waals surface area contributed by atoms with Crippen LogP contribution in [0.2, 0.25) is 0 Å². The van der Waals surface area contributed by atoms with Gasteiger partial charge in [-0.1, -0.05) is 26.7 Å². The van der Waals surface area contributed by atoms with E-state index in [9.17, 15) is 4.79 Å². The van der Waals surface area contributed by atoms with Crippen LogP contribution >= 0.6 is 0 Å². The number of methoxy groups -OCH3 is 1. The van der Waals surface area contributed by atoms with Crippen LogP contribution in [0, 0.1) is 5.41 Å². The maximum atomic E-state index is 12.2. The van der Waals surface area contributed by atoms with Crippen molar-refractivity contribution in [3.05, 3.63) is 0 Å². The summed E-state index contributed by atoms with van der Waals surface area (Å²) in [4.78, 5) is 12.2. The smallest absolute Gasteiger partial charge is 0.326 e. The van der Waals surface area contributed by atoms with Gasteiger partial charge in [-0.2, -0.15) is 0 Å². The van der Waals surface area contributed by atoms with Crippen molar-refractivity contribution < 1.29 is 9.53 Å². The molecule has 16 heavy (non-hydrogen) atoms. The molecule has 0 bridgehead atoms. The molecule has 0 aliphatic heterocycles.